The van der Waals surface area contributed by atoms with Crippen LogP contribution < -0.4 is 0 Å². The van der Waals surface area contributed by atoms with Crippen molar-refractivity contribution < 1.29 is 19.1 Å². The van der Waals surface area contributed by atoms with Crippen molar-refractivity contribution in [2.75, 3.05) is 13.7 Å². The Bertz CT molecular complexity index is 1220. The van der Waals surface area contributed by atoms with Gasteiger partial charge in [-0.25, -0.2) is 4.98 Å². The number of aliphatic imine (C=N–C) groups is 1. The highest BCUT2D eigenvalue weighted by molar-refractivity contribution is 9.10. The number of ether oxygens (including phenoxy) is 2. The van der Waals surface area contributed by atoms with Crippen LogP contribution in [0.4, 0.5) is 0 Å². The second-order valence-electron chi connectivity index (χ2n) is 7.90. The molecule has 3 heterocycles. The Kier molecular flexibility index (Phi) is 7.52. The van der Waals surface area contributed by atoms with Gasteiger partial charge in [0.2, 0.25) is 0 Å². The van der Waals surface area contributed by atoms with Crippen molar-refractivity contribution in [3.63, 3.8) is 0 Å². The lowest BCUT2D eigenvalue weighted by Crippen LogP contribution is -2.11. The van der Waals surface area contributed by atoms with Crippen molar-refractivity contribution in [2.24, 2.45) is 4.99 Å². The van der Waals surface area contributed by atoms with E-state index in [0.29, 0.717) is 12.8 Å². The van der Waals surface area contributed by atoms with Crippen LogP contribution in [-0.4, -0.2) is 45.9 Å². The maximum atomic E-state index is 11.9. The van der Waals surface area contributed by atoms with Crippen LogP contribution in [0.15, 0.2) is 58.3 Å². The molecule has 1 aliphatic rings. The van der Waals surface area contributed by atoms with Gasteiger partial charge in [-0.1, -0.05) is 22.0 Å². The second kappa shape index (κ2) is 10.7. The molecule has 0 bridgehead atoms. The average molecular weight is 525 g/mol. The molecule has 0 aliphatic carbocycles. The first-order valence-corrected chi connectivity index (χ1v) is 11.8. The van der Waals surface area contributed by atoms with Gasteiger partial charge in [-0.15, -0.1) is 0 Å². The van der Waals surface area contributed by atoms with Crippen molar-refractivity contribution in [3.05, 3.63) is 76.0 Å². The standard InChI is InChI=1S/C25H25BrN4O4/c1-16-15-28-25-20(7-5-13-34-23(32)11-10-22(31)33-2)29-24(19-6-3-4-12-27-19)18-14-17(26)8-9-21(18)30(16)25/h3-4,6,8-9,12,14-15,20H,5,7,10-11,13H2,1-2H3/t20-/m0/s1. The van der Waals surface area contributed by atoms with E-state index in [1.54, 1.807) is 6.20 Å². The van der Waals surface area contributed by atoms with Crippen LogP contribution in [0.25, 0.3) is 5.69 Å². The molecule has 9 heteroatoms. The van der Waals surface area contributed by atoms with Crippen molar-refractivity contribution in [2.45, 2.75) is 38.6 Å². The number of aryl methyl sites for hydroxylation is 1. The number of esters is 2. The van der Waals surface area contributed by atoms with Gasteiger partial charge in [-0.05, 0) is 50.1 Å². The molecule has 4 rings (SSSR count). The molecule has 0 saturated heterocycles. The number of hydrogen-bond acceptors (Lipinski definition) is 7. The number of methoxy groups -OCH3 is 1. The van der Waals surface area contributed by atoms with Crippen LogP contribution in [0, 0.1) is 6.92 Å². The third-order valence-corrected chi connectivity index (χ3v) is 6.05. The molecule has 0 fully saturated rings. The van der Waals surface area contributed by atoms with Gasteiger partial charge >= 0.3 is 11.9 Å². The number of hydrogen-bond donors (Lipinski definition) is 0. The molecule has 0 unspecified atom stereocenters. The van der Waals surface area contributed by atoms with E-state index in [-0.39, 0.29) is 25.5 Å². The summed E-state index contributed by atoms with van der Waals surface area (Å²) in [5.74, 6) is -0.0113. The molecule has 0 spiro atoms. The van der Waals surface area contributed by atoms with Crippen LogP contribution in [0.3, 0.4) is 0 Å². The third kappa shape index (κ3) is 5.25. The minimum Gasteiger partial charge on any atom is -0.469 e. The molecule has 1 aromatic carbocycles. The summed E-state index contributed by atoms with van der Waals surface area (Å²) < 4.78 is 12.9. The lowest BCUT2D eigenvalue weighted by atomic mass is 10.0. The van der Waals surface area contributed by atoms with Gasteiger partial charge in [0.05, 0.1) is 43.7 Å². The Labute approximate surface area is 206 Å². The summed E-state index contributed by atoms with van der Waals surface area (Å²) in [6.45, 7) is 2.26. The summed E-state index contributed by atoms with van der Waals surface area (Å²) in [4.78, 5) is 37.5. The number of carbonyl (C=O) groups is 2. The minimum atomic E-state index is -0.430. The maximum absolute atomic E-state index is 11.9. The molecule has 176 valence electrons. The number of carbonyl (C=O) groups excluding carboxylic acids is 2. The predicted octanol–water partition coefficient (Wildman–Crippen LogP) is 4.51. The molecule has 3 aromatic rings. The zero-order valence-corrected chi connectivity index (χ0v) is 20.6. The van der Waals surface area contributed by atoms with E-state index >= 15 is 0 Å². The van der Waals surface area contributed by atoms with E-state index in [9.17, 15) is 9.59 Å². The Hall–Kier alpha value is -3.33. The molecule has 1 aliphatic heterocycles. The Morgan fingerprint density at radius 3 is 2.71 bits per heavy atom. The first-order valence-electron chi connectivity index (χ1n) is 11.0. The zero-order valence-electron chi connectivity index (χ0n) is 19.0. The van der Waals surface area contributed by atoms with E-state index in [1.165, 1.54) is 7.11 Å². The fraction of sp³-hybridized carbons (Fsp3) is 0.320. The number of rotatable bonds is 8. The van der Waals surface area contributed by atoms with Crippen LogP contribution in [0.2, 0.25) is 0 Å². The fourth-order valence-electron chi connectivity index (χ4n) is 3.92. The minimum absolute atomic E-state index is 0.00582. The highest BCUT2D eigenvalue weighted by Crippen LogP contribution is 2.34. The van der Waals surface area contributed by atoms with Crippen LogP contribution in [-0.2, 0) is 19.1 Å². The first kappa shape index (κ1) is 23.8. The second-order valence-corrected chi connectivity index (χ2v) is 8.82. The normalized spacial score (nSPS) is 14.4. The molecule has 0 radical (unpaired) electrons. The van der Waals surface area contributed by atoms with E-state index < -0.39 is 11.9 Å². The van der Waals surface area contributed by atoms with E-state index in [2.05, 4.69) is 47.3 Å². The average Bonchev–Trinajstić information content (AvgIpc) is 3.17. The van der Waals surface area contributed by atoms with Crippen molar-refractivity contribution in [3.8, 4) is 5.69 Å². The molecule has 2 aromatic heterocycles. The Morgan fingerprint density at radius 2 is 1.94 bits per heavy atom. The largest absolute Gasteiger partial charge is 0.469 e. The van der Waals surface area contributed by atoms with Crippen LogP contribution in [0.1, 0.15) is 54.5 Å². The molecule has 1 atom stereocenters. The van der Waals surface area contributed by atoms with Gasteiger partial charge in [0.25, 0.3) is 0 Å². The Balaban J connectivity index is 1.59. The lowest BCUT2D eigenvalue weighted by molar-refractivity contribution is -0.149. The maximum Gasteiger partial charge on any atom is 0.306 e. The summed E-state index contributed by atoms with van der Waals surface area (Å²) in [5, 5.41) is 0. The molecular formula is C25H25BrN4O4. The zero-order chi connectivity index (χ0) is 24.1. The molecule has 8 nitrogen and oxygen atoms in total. The number of nitrogens with zero attached hydrogens (tertiary/aromatic N) is 4. The van der Waals surface area contributed by atoms with Gasteiger partial charge in [-0.3, -0.25) is 24.1 Å². The van der Waals surface area contributed by atoms with Gasteiger partial charge in [0.15, 0.2) is 0 Å². The van der Waals surface area contributed by atoms with Gasteiger partial charge in [0, 0.05) is 28.1 Å². The summed E-state index contributed by atoms with van der Waals surface area (Å²) in [7, 11) is 1.29. The van der Waals surface area contributed by atoms with Crippen LogP contribution >= 0.6 is 15.9 Å². The summed E-state index contributed by atoms with van der Waals surface area (Å²) in [5.41, 5.74) is 4.54. The predicted molar refractivity (Wildman–Crippen MR) is 130 cm³/mol. The van der Waals surface area contributed by atoms with Crippen molar-refractivity contribution in [1.82, 2.24) is 14.5 Å². The van der Waals surface area contributed by atoms with E-state index in [0.717, 1.165) is 38.6 Å². The number of benzene rings is 1. The molecular weight excluding hydrogens is 500 g/mol. The van der Waals surface area contributed by atoms with E-state index in [1.807, 2.05) is 37.4 Å². The van der Waals surface area contributed by atoms with Crippen molar-refractivity contribution >= 4 is 33.6 Å². The molecule has 34 heavy (non-hydrogen) atoms. The fourth-order valence-corrected chi connectivity index (χ4v) is 4.28. The lowest BCUT2D eigenvalue weighted by Gasteiger charge is -2.14. The third-order valence-electron chi connectivity index (χ3n) is 5.56. The quantitative estimate of drug-likeness (QED) is 0.317. The molecule has 0 saturated carbocycles. The van der Waals surface area contributed by atoms with Gasteiger partial charge in [-0.2, -0.15) is 0 Å². The number of pyridine rings is 1. The summed E-state index contributed by atoms with van der Waals surface area (Å²) in [6, 6.07) is 11.6. The highest BCUT2D eigenvalue weighted by atomic mass is 79.9. The number of halogens is 1. The monoisotopic (exact) mass is 524 g/mol. The SMILES string of the molecule is COC(=O)CCC(=O)OCCC[C@@H]1N=C(c2ccccn2)c2cc(Br)ccc2-n2c(C)cnc21. The Morgan fingerprint density at radius 1 is 1.12 bits per heavy atom. The van der Waals surface area contributed by atoms with Gasteiger partial charge in [0.1, 0.15) is 11.9 Å². The smallest absolute Gasteiger partial charge is 0.306 e. The summed E-state index contributed by atoms with van der Waals surface area (Å²) in [6.07, 6.45) is 4.85. The number of fused-ring (bicyclic) bond motifs is 3. The molecule has 0 N–H and O–H groups in total. The summed E-state index contributed by atoms with van der Waals surface area (Å²) >= 11 is 3.59. The number of aromatic nitrogens is 3. The first-order chi connectivity index (χ1) is 16.5. The highest BCUT2D eigenvalue weighted by Gasteiger charge is 2.27. The van der Waals surface area contributed by atoms with Gasteiger partial charge < -0.3 is 9.47 Å². The topological polar surface area (TPSA) is 95.7 Å². The van der Waals surface area contributed by atoms with E-state index in [4.69, 9.17) is 9.73 Å². The number of imidazole rings is 1. The van der Waals surface area contributed by atoms with Crippen molar-refractivity contribution in [1.29, 1.82) is 0 Å². The van der Waals surface area contributed by atoms with Crippen LogP contribution in [0.5, 0.6) is 0 Å². The molecule has 0 amide bonds.